The molecule has 1 aromatic carbocycles. The van der Waals surface area contributed by atoms with E-state index in [-0.39, 0.29) is 11.3 Å². The fraction of sp³-hybridized carbons (Fsp3) is 0.368. The molecular formula is C19H21NO3S. The Balaban J connectivity index is 1.70. The van der Waals surface area contributed by atoms with Crippen LogP contribution in [0.25, 0.3) is 0 Å². The molecule has 5 heteroatoms. The van der Waals surface area contributed by atoms with Crippen LogP contribution in [-0.2, 0) is 10.2 Å². The van der Waals surface area contributed by atoms with E-state index in [9.17, 15) is 9.59 Å². The largest absolute Gasteiger partial charge is 0.465 e. The van der Waals surface area contributed by atoms with Gasteiger partial charge >= 0.3 is 5.97 Å². The fourth-order valence-electron chi connectivity index (χ4n) is 3.42. The number of esters is 1. The van der Waals surface area contributed by atoms with Gasteiger partial charge in [-0.15, -0.1) is 11.3 Å². The quantitative estimate of drug-likeness (QED) is 0.841. The Labute approximate surface area is 145 Å². The number of nitrogens with one attached hydrogen (secondary N) is 1. The van der Waals surface area contributed by atoms with Crippen LogP contribution in [-0.4, -0.2) is 25.5 Å². The zero-order valence-corrected chi connectivity index (χ0v) is 14.5. The van der Waals surface area contributed by atoms with E-state index in [4.69, 9.17) is 0 Å². The highest BCUT2D eigenvalue weighted by atomic mass is 32.1. The van der Waals surface area contributed by atoms with Crippen molar-refractivity contribution in [3.8, 4) is 0 Å². The standard InChI is InChI=1S/C19H21NO3S/c1-23-18(22)16-10-9-15(24-16)17(21)20-13-19(11-5-6-12-19)14-7-3-2-4-8-14/h2-4,7-10H,5-6,11-13H2,1H3,(H,20,21). The Morgan fingerprint density at radius 3 is 2.42 bits per heavy atom. The van der Waals surface area contributed by atoms with Crippen molar-refractivity contribution >= 4 is 23.2 Å². The summed E-state index contributed by atoms with van der Waals surface area (Å²) in [6.45, 7) is 0.626. The molecule has 1 N–H and O–H groups in total. The van der Waals surface area contributed by atoms with Crippen molar-refractivity contribution in [1.82, 2.24) is 5.32 Å². The number of carbonyl (C=O) groups excluding carboxylic acids is 2. The number of benzene rings is 1. The van der Waals surface area contributed by atoms with Gasteiger partial charge in [0, 0.05) is 12.0 Å². The molecule has 1 saturated carbocycles. The summed E-state index contributed by atoms with van der Waals surface area (Å²) in [5.41, 5.74) is 1.32. The first kappa shape index (κ1) is 16.7. The number of carbonyl (C=O) groups is 2. The van der Waals surface area contributed by atoms with Gasteiger partial charge in [0.1, 0.15) is 4.88 Å². The minimum atomic E-state index is -0.407. The van der Waals surface area contributed by atoms with E-state index in [0.29, 0.717) is 16.3 Å². The summed E-state index contributed by atoms with van der Waals surface area (Å²) < 4.78 is 4.68. The first-order valence-corrected chi connectivity index (χ1v) is 8.98. The molecule has 24 heavy (non-hydrogen) atoms. The van der Waals surface area contributed by atoms with Crippen molar-refractivity contribution < 1.29 is 14.3 Å². The van der Waals surface area contributed by atoms with Crippen LogP contribution >= 0.6 is 11.3 Å². The highest BCUT2D eigenvalue weighted by Gasteiger charge is 2.35. The topological polar surface area (TPSA) is 55.4 Å². The Hall–Kier alpha value is -2.14. The van der Waals surface area contributed by atoms with Crippen molar-refractivity contribution in [2.45, 2.75) is 31.1 Å². The van der Waals surface area contributed by atoms with Crippen molar-refractivity contribution in [2.75, 3.05) is 13.7 Å². The third kappa shape index (κ3) is 3.36. The number of methoxy groups -OCH3 is 1. The van der Waals surface area contributed by atoms with Crippen LogP contribution in [0.3, 0.4) is 0 Å². The van der Waals surface area contributed by atoms with Gasteiger partial charge in [0.2, 0.25) is 0 Å². The normalized spacial score (nSPS) is 15.9. The molecule has 1 heterocycles. The zero-order chi connectivity index (χ0) is 17.0. The van der Waals surface area contributed by atoms with Crippen molar-refractivity contribution in [2.24, 2.45) is 0 Å². The third-order valence-corrected chi connectivity index (χ3v) is 5.81. The number of hydrogen-bond acceptors (Lipinski definition) is 4. The Morgan fingerprint density at radius 1 is 1.08 bits per heavy atom. The monoisotopic (exact) mass is 343 g/mol. The summed E-state index contributed by atoms with van der Waals surface area (Å²) in [7, 11) is 1.34. The van der Waals surface area contributed by atoms with Gasteiger partial charge in [-0.1, -0.05) is 43.2 Å². The van der Waals surface area contributed by atoms with E-state index in [1.54, 1.807) is 12.1 Å². The second-order valence-electron chi connectivity index (χ2n) is 6.19. The third-order valence-electron chi connectivity index (χ3n) is 4.75. The molecule has 0 radical (unpaired) electrons. The Morgan fingerprint density at radius 2 is 1.75 bits per heavy atom. The maximum absolute atomic E-state index is 12.4. The van der Waals surface area contributed by atoms with Gasteiger partial charge in [-0.3, -0.25) is 4.79 Å². The number of rotatable bonds is 5. The van der Waals surface area contributed by atoms with Gasteiger partial charge in [0.25, 0.3) is 5.91 Å². The molecule has 2 aromatic rings. The van der Waals surface area contributed by atoms with Gasteiger partial charge in [0.05, 0.1) is 12.0 Å². The molecule has 4 nitrogen and oxygen atoms in total. The van der Waals surface area contributed by atoms with E-state index in [1.165, 1.54) is 25.5 Å². The SMILES string of the molecule is COC(=O)c1ccc(C(=O)NCC2(c3ccccc3)CCCC2)s1. The van der Waals surface area contributed by atoms with Gasteiger partial charge in [-0.2, -0.15) is 0 Å². The Kier molecular flexibility index (Phi) is 5.00. The summed E-state index contributed by atoms with van der Waals surface area (Å²) in [5, 5.41) is 3.07. The average molecular weight is 343 g/mol. The van der Waals surface area contributed by atoms with Crippen LogP contribution < -0.4 is 5.32 Å². The molecule has 0 spiro atoms. The molecule has 1 aliphatic rings. The highest BCUT2D eigenvalue weighted by Crippen LogP contribution is 2.40. The second-order valence-corrected chi connectivity index (χ2v) is 7.28. The van der Waals surface area contributed by atoms with Crippen LogP contribution in [0.2, 0.25) is 0 Å². The van der Waals surface area contributed by atoms with Crippen LogP contribution in [0.15, 0.2) is 42.5 Å². The predicted molar refractivity (Wildman–Crippen MR) is 94.6 cm³/mol. The molecule has 0 aliphatic heterocycles. The molecule has 0 unspecified atom stereocenters. The first-order chi connectivity index (χ1) is 11.6. The molecule has 0 atom stereocenters. The van der Waals surface area contributed by atoms with E-state index < -0.39 is 5.97 Å². The van der Waals surface area contributed by atoms with Crippen LogP contribution in [0.5, 0.6) is 0 Å². The highest BCUT2D eigenvalue weighted by molar-refractivity contribution is 7.15. The average Bonchev–Trinajstić information content (AvgIpc) is 3.30. The second kappa shape index (κ2) is 7.18. The molecule has 126 valence electrons. The lowest BCUT2D eigenvalue weighted by Crippen LogP contribution is -2.38. The van der Waals surface area contributed by atoms with Crippen molar-refractivity contribution in [3.05, 3.63) is 57.8 Å². The fourth-order valence-corrected chi connectivity index (χ4v) is 4.26. The van der Waals surface area contributed by atoms with E-state index >= 15 is 0 Å². The lowest BCUT2D eigenvalue weighted by molar-refractivity contribution is 0.0606. The molecule has 0 saturated heterocycles. The molecule has 3 rings (SSSR count). The van der Waals surface area contributed by atoms with Crippen molar-refractivity contribution in [3.63, 3.8) is 0 Å². The zero-order valence-electron chi connectivity index (χ0n) is 13.7. The van der Waals surface area contributed by atoms with Gasteiger partial charge < -0.3 is 10.1 Å². The van der Waals surface area contributed by atoms with Gasteiger partial charge in [-0.25, -0.2) is 4.79 Å². The molecule has 1 aromatic heterocycles. The number of thiophene rings is 1. The molecule has 1 amide bonds. The van der Waals surface area contributed by atoms with Crippen LogP contribution in [0, 0.1) is 0 Å². The van der Waals surface area contributed by atoms with Gasteiger partial charge in [0.15, 0.2) is 0 Å². The summed E-state index contributed by atoms with van der Waals surface area (Å²) in [6, 6.07) is 13.7. The lowest BCUT2D eigenvalue weighted by atomic mass is 9.79. The summed E-state index contributed by atoms with van der Waals surface area (Å²) in [5.74, 6) is -0.534. The Bertz CT molecular complexity index is 717. The first-order valence-electron chi connectivity index (χ1n) is 8.16. The minimum Gasteiger partial charge on any atom is -0.465 e. The molecule has 1 fully saturated rings. The molecule has 1 aliphatic carbocycles. The summed E-state index contributed by atoms with van der Waals surface area (Å²) >= 11 is 1.16. The lowest BCUT2D eigenvalue weighted by Gasteiger charge is -2.30. The number of amides is 1. The maximum Gasteiger partial charge on any atom is 0.348 e. The van der Waals surface area contributed by atoms with E-state index in [1.807, 2.05) is 6.07 Å². The molecular weight excluding hydrogens is 322 g/mol. The maximum atomic E-state index is 12.4. The van der Waals surface area contributed by atoms with Crippen LogP contribution in [0.1, 0.15) is 50.6 Å². The molecule has 0 bridgehead atoms. The predicted octanol–water partition coefficient (Wildman–Crippen LogP) is 3.78. The van der Waals surface area contributed by atoms with E-state index in [0.717, 1.165) is 24.2 Å². The number of hydrogen-bond donors (Lipinski definition) is 1. The smallest absolute Gasteiger partial charge is 0.348 e. The van der Waals surface area contributed by atoms with Crippen LogP contribution in [0.4, 0.5) is 0 Å². The van der Waals surface area contributed by atoms with Gasteiger partial charge in [-0.05, 0) is 30.5 Å². The summed E-state index contributed by atoms with van der Waals surface area (Å²) in [6.07, 6.45) is 4.57. The minimum absolute atomic E-state index is 0.0271. The summed E-state index contributed by atoms with van der Waals surface area (Å²) in [4.78, 5) is 24.9. The van der Waals surface area contributed by atoms with Crippen molar-refractivity contribution in [1.29, 1.82) is 0 Å². The number of ether oxygens (including phenoxy) is 1. The van der Waals surface area contributed by atoms with E-state index in [2.05, 4.69) is 34.3 Å².